The Bertz CT molecular complexity index is 283. The first-order valence-corrected chi connectivity index (χ1v) is 8.40. The zero-order valence-corrected chi connectivity index (χ0v) is 11.5. The minimum absolute atomic E-state index is 0.288. The summed E-state index contributed by atoms with van der Waals surface area (Å²) in [7, 11) is -1.58. The first kappa shape index (κ1) is 12.5. The molecule has 3 heteroatoms. The monoisotopic (exact) mass is 226 g/mol. The summed E-state index contributed by atoms with van der Waals surface area (Å²) in [6, 6.07) is 3.91. The molecule has 0 unspecified atom stereocenters. The van der Waals surface area contributed by atoms with Crippen LogP contribution in [0.3, 0.4) is 0 Å². The molecule has 1 heterocycles. The lowest BCUT2D eigenvalue weighted by Gasteiger charge is -2.36. The maximum atomic E-state index is 6.05. The van der Waals surface area contributed by atoms with Crippen LogP contribution in [0.25, 0.3) is 0 Å². The molecule has 0 amide bonds. The Balaban J connectivity index is 2.37. The maximum Gasteiger partial charge on any atom is 0.191 e. The van der Waals surface area contributed by atoms with Gasteiger partial charge < -0.3 is 8.84 Å². The molecule has 0 aliphatic heterocycles. The van der Waals surface area contributed by atoms with E-state index in [1.807, 2.05) is 12.1 Å². The maximum absolute atomic E-state index is 6.05. The van der Waals surface area contributed by atoms with E-state index in [1.54, 1.807) is 6.26 Å². The molecule has 0 aliphatic rings. The van der Waals surface area contributed by atoms with Gasteiger partial charge in [-0.05, 0) is 30.3 Å². The predicted molar refractivity (Wildman–Crippen MR) is 65.6 cm³/mol. The minimum Gasteiger partial charge on any atom is -0.469 e. The summed E-state index contributed by atoms with van der Waals surface area (Å²) in [5.74, 6) is 1.01. The van der Waals surface area contributed by atoms with E-state index < -0.39 is 8.32 Å². The summed E-state index contributed by atoms with van der Waals surface area (Å²) in [5, 5.41) is 0.288. The minimum atomic E-state index is -1.58. The van der Waals surface area contributed by atoms with Gasteiger partial charge in [-0.25, -0.2) is 0 Å². The van der Waals surface area contributed by atoms with Gasteiger partial charge in [0.25, 0.3) is 0 Å². The summed E-state index contributed by atoms with van der Waals surface area (Å²) in [5.41, 5.74) is 0. The second kappa shape index (κ2) is 4.54. The Hall–Kier alpha value is -0.543. The smallest absolute Gasteiger partial charge is 0.191 e. The van der Waals surface area contributed by atoms with E-state index in [4.69, 9.17) is 8.84 Å². The molecule has 0 atom stereocenters. The van der Waals surface area contributed by atoms with Gasteiger partial charge in [0, 0.05) is 13.0 Å². The highest BCUT2D eigenvalue weighted by Crippen LogP contribution is 2.36. The van der Waals surface area contributed by atoms with Crippen molar-refractivity contribution < 1.29 is 8.84 Å². The van der Waals surface area contributed by atoms with Gasteiger partial charge >= 0.3 is 0 Å². The van der Waals surface area contributed by atoms with E-state index in [-0.39, 0.29) is 5.04 Å². The zero-order valence-electron chi connectivity index (χ0n) is 10.5. The van der Waals surface area contributed by atoms with E-state index in [0.717, 1.165) is 18.8 Å². The summed E-state index contributed by atoms with van der Waals surface area (Å²) in [6.45, 7) is 12.1. The third kappa shape index (κ3) is 3.50. The van der Waals surface area contributed by atoms with Gasteiger partial charge in [0.2, 0.25) is 0 Å². The van der Waals surface area contributed by atoms with Crippen LogP contribution in [-0.4, -0.2) is 14.9 Å². The highest BCUT2D eigenvalue weighted by atomic mass is 28.4. The lowest BCUT2D eigenvalue weighted by atomic mass is 10.2. The van der Waals surface area contributed by atoms with Gasteiger partial charge in [-0.3, -0.25) is 0 Å². The van der Waals surface area contributed by atoms with Crippen LogP contribution in [0.15, 0.2) is 22.8 Å². The van der Waals surface area contributed by atoms with Crippen molar-refractivity contribution in [1.29, 1.82) is 0 Å². The molecule has 1 rings (SSSR count). The third-order valence-corrected chi connectivity index (χ3v) is 7.74. The highest BCUT2D eigenvalue weighted by molar-refractivity contribution is 6.74. The van der Waals surface area contributed by atoms with Gasteiger partial charge in [0.1, 0.15) is 5.76 Å². The average Bonchev–Trinajstić information content (AvgIpc) is 2.54. The van der Waals surface area contributed by atoms with Crippen molar-refractivity contribution in [3.63, 3.8) is 0 Å². The molecular weight excluding hydrogens is 204 g/mol. The summed E-state index contributed by atoms with van der Waals surface area (Å²) < 4.78 is 11.3. The van der Waals surface area contributed by atoms with E-state index in [0.29, 0.717) is 0 Å². The van der Waals surface area contributed by atoms with Crippen LogP contribution in [-0.2, 0) is 10.8 Å². The van der Waals surface area contributed by atoms with Crippen LogP contribution < -0.4 is 0 Å². The quantitative estimate of drug-likeness (QED) is 0.728. The van der Waals surface area contributed by atoms with Crippen molar-refractivity contribution in [3.8, 4) is 0 Å². The number of rotatable bonds is 4. The Morgan fingerprint density at radius 2 is 2.00 bits per heavy atom. The highest BCUT2D eigenvalue weighted by Gasteiger charge is 2.36. The van der Waals surface area contributed by atoms with E-state index in [2.05, 4.69) is 33.9 Å². The van der Waals surface area contributed by atoms with Crippen LogP contribution >= 0.6 is 0 Å². The molecule has 86 valence electrons. The lowest BCUT2D eigenvalue weighted by Crippen LogP contribution is -2.41. The largest absolute Gasteiger partial charge is 0.469 e. The van der Waals surface area contributed by atoms with Gasteiger partial charge in [-0.2, -0.15) is 0 Å². The Kier molecular flexibility index (Phi) is 3.79. The Morgan fingerprint density at radius 3 is 2.47 bits per heavy atom. The standard InChI is InChI=1S/C12H22O2Si/c1-12(2,3)15(4,5)14-10-8-11-7-6-9-13-11/h6-7,9H,8,10H2,1-5H3. The fraction of sp³-hybridized carbons (Fsp3) is 0.667. The Labute approximate surface area is 93.8 Å². The van der Waals surface area contributed by atoms with Crippen molar-refractivity contribution in [1.82, 2.24) is 0 Å². The second-order valence-corrected chi connectivity index (χ2v) is 10.2. The zero-order chi connectivity index (χ0) is 11.5. The van der Waals surface area contributed by atoms with Crippen LogP contribution in [0.2, 0.25) is 18.1 Å². The second-order valence-electron chi connectivity index (χ2n) is 5.44. The number of hydrogen-bond acceptors (Lipinski definition) is 2. The van der Waals surface area contributed by atoms with E-state index in [9.17, 15) is 0 Å². The molecular formula is C12H22O2Si. The molecule has 0 bridgehead atoms. The van der Waals surface area contributed by atoms with Crippen molar-refractivity contribution in [2.24, 2.45) is 0 Å². The summed E-state index contributed by atoms with van der Waals surface area (Å²) >= 11 is 0. The molecule has 0 N–H and O–H groups in total. The van der Waals surface area contributed by atoms with Crippen molar-refractivity contribution in [2.45, 2.75) is 45.3 Å². The Morgan fingerprint density at radius 1 is 1.33 bits per heavy atom. The molecule has 0 radical (unpaired) electrons. The van der Waals surface area contributed by atoms with Crippen molar-refractivity contribution >= 4 is 8.32 Å². The lowest BCUT2D eigenvalue weighted by molar-refractivity contribution is 0.282. The molecule has 0 fully saturated rings. The topological polar surface area (TPSA) is 22.4 Å². The fourth-order valence-electron chi connectivity index (χ4n) is 1.08. The summed E-state index contributed by atoms with van der Waals surface area (Å²) in [4.78, 5) is 0. The van der Waals surface area contributed by atoms with Crippen LogP contribution in [0.1, 0.15) is 26.5 Å². The molecule has 0 saturated heterocycles. The fourth-order valence-corrected chi connectivity index (χ4v) is 2.12. The SMILES string of the molecule is CC(C)(C)[Si](C)(C)OCCc1ccco1. The molecule has 0 spiro atoms. The van der Waals surface area contributed by atoms with E-state index in [1.165, 1.54) is 0 Å². The molecule has 1 aromatic rings. The van der Waals surface area contributed by atoms with Crippen LogP contribution in [0.4, 0.5) is 0 Å². The summed E-state index contributed by atoms with van der Waals surface area (Å²) in [6.07, 6.45) is 2.58. The molecule has 0 aliphatic carbocycles. The van der Waals surface area contributed by atoms with Gasteiger partial charge in [0.05, 0.1) is 6.26 Å². The molecule has 0 saturated carbocycles. The van der Waals surface area contributed by atoms with Crippen LogP contribution in [0, 0.1) is 0 Å². The predicted octanol–water partition coefficient (Wildman–Crippen LogP) is 3.84. The first-order chi connectivity index (χ1) is 6.83. The molecule has 0 aromatic carbocycles. The first-order valence-electron chi connectivity index (χ1n) is 5.49. The van der Waals surface area contributed by atoms with Gasteiger partial charge in [-0.1, -0.05) is 20.8 Å². The van der Waals surface area contributed by atoms with Crippen LogP contribution in [0.5, 0.6) is 0 Å². The van der Waals surface area contributed by atoms with Crippen molar-refractivity contribution in [3.05, 3.63) is 24.2 Å². The molecule has 2 nitrogen and oxygen atoms in total. The third-order valence-electron chi connectivity index (χ3n) is 3.20. The average molecular weight is 226 g/mol. The van der Waals surface area contributed by atoms with E-state index >= 15 is 0 Å². The molecule has 15 heavy (non-hydrogen) atoms. The normalized spacial score (nSPS) is 13.1. The van der Waals surface area contributed by atoms with Crippen molar-refractivity contribution in [2.75, 3.05) is 6.61 Å². The molecule has 1 aromatic heterocycles. The van der Waals surface area contributed by atoms with Gasteiger partial charge in [0.15, 0.2) is 8.32 Å². The van der Waals surface area contributed by atoms with Gasteiger partial charge in [-0.15, -0.1) is 0 Å². The number of hydrogen-bond donors (Lipinski definition) is 0. The number of furan rings is 1.